The number of carbonyl (C=O) groups excluding carboxylic acids is 1. The Kier molecular flexibility index (Phi) is 5.96. The molecule has 1 amide bonds. The van der Waals surface area contributed by atoms with Gasteiger partial charge in [-0.25, -0.2) is 4.79 Å². The summed E-state index contributed by atoms with van der Waals surface area (Å²) in [5.74, 6) is -1.24. The lowest BCUT2D eigenvalue weighted by Crippen LogP contribution is -2.15. The number of nitrogens with one attached hydrogen (secondary N) is 1. The summed E-state index contributed by atoms with van der Waals surface area (Å²) in [6.45, 7) is 0. The fourth-order valence-electron chi connectivity index (χ4n) is 1.18. The lowest BCUT2D eigenvalue weighted by atomic mass is 10.2. The number of nitrogens with zero attached hydrogens (tertiary/aromatic N) is 1. The number of hydrogen-bond acceptors (Lipinski definition) is 4. The van der Waals surface area contributed by atoms with Crippen LogP contribution in [0.3, 0.4) is 0 Å². The van der Waals surface area contributed by atoms with Crippen LogP contribution in [0.25, 0.3) is 0 Å². The molecule has 1 aromatic rings. The van der Waals surface area contributed by atoms with Gasteiger partial charge in [0.1, 0.15) is 0 Å². The largest absolute Gasteiger partial charge is 0.478 e. The minimum absolute atomic E-state index is 0.0449. The predicted molar refractivity (Wildman–Crippen MR) is 75.0 cm³/mol. The molecule has 100 valence electrons. The molecular weight excluding hydrogens is 311 g/mol. The van der Waals surface area contributed by atoms with Gasteiger partial charge in [0.2, 0.25) is 5.91 Å². The third kappa shape index (κ3) is 4.63. The number of carbonyl (C=O) groups is 2. The van der Waals surface area contributed by atoms with E-state index in [4.69, 9.17) is 33.6 Å². The molecule has 0 saturated carbocycles. The average Bonchev–Trinajstić information content (AvgIpc) is 2.33. The van der Waals surface area contributed by atoms with Crippen molar-refractivity contribution in [1.82, 2.24) is 0 Å². The molecule has 5 nitrogen and oxygen atoms in total. The van der Waals surface area contributed by atoms with Crippen LogP contribution in [0.4, 0.5) is 5.69 Å². The summed E-state index contributed by atoms with van der Waals surface area (Å²) in [5.41, 5.74) is 0.0998. The van der Waals surface area contributed by atoms with Gasteiger partial charge >= 0.3 is 5.97 Å². The fourth-order valence-corrected chi connectivity index (χ4v) is 2.21. The highest BCUT2D eigenvalue weighted by atomic mass is 35.5. The second kappa shape index (κ2) is 7.24. The molecule has 0 bridgehead atoms. The first-order valence-corrected chi connectivity index (χ1v) is 6.83. The minimum atomic E-state index is -1.16. The first-order valence-electron chi connectivity index (χ1n) is 4.92. The first kappa shape index (κ1) is 15.6. The number of halogens is 2. The van der Waals surface area contributed by atoms with Crippen LogP contribution < -0.4 is 5.32 Å². The van der Waals surface area contributed by atoms with Gasteiger partial charge in [0.05, 0.1) is 38.9 Å². The maximum Gasteiger partial charge on any atom is 0.335 e. The molecule has 0 unspecified atom stereocenters. The summed E-state index contributed by atoms with van der Waals surface area (Å²) in [4.78, 5) is 22.3. The Morgan fingerprint density at radius 3 is 2.42 bits per heavy atom. The van der Waals surface area contributed by atoms with Crippen LogP contribution in [-0.2, 0) is 4.79 Å². The van der Waals surface area contributed by atoms with Crippen molar-refractivity contribution < 1.29 is 14.7 Å². The highest BCUT2D eigenvalue weighted by Crippen LogP contribution is 2.32. The predicted octanol–water partition coefficient (Wildman–Crippen LogP) is 2.89. The van der Waals surface area contributed by atoms with E-state index in [1.165, 1.54) is 12.1 Å². The summed E-state index contributed by atoms with van der Waals surface area (Å²) in [7, 11) is 0. The van der Waals surface area contributed by atoms with Crippen molar-refractivity contribution >= 4 is 52.5 Å². The molecule has 1 rings (SSSR count). The Balaban J connectivity index is 2.82. The van der Waals surface area contributed by atoms with Gasteiger partial charge < -0.3 is 10.4 Å². The van der Waals surface area contributed by atoms with Crippen molar-refractivity contribution in [3.63, 3.8) is 0 Å². The van der Waals surface area contributed by atoms with Crippen LogP contribution in [0.15, 0.2) is 12.1 Å². The summed E-state index contributed by atoms with van der Waals surface area (Å²) >= 11 is 12.9. The Bertz CT molecular complexity index is 534. The molecule has 0 aliphatic rings. The van der Waals surface area contributed by atoms with Crippen LogP contribution in [0, 0.1) is 11.3 Å². The normalized spacial score (nSPS) is 9.74. The minimum Gasteiger partial charge on any atom is -0.478 e. The van der Waals surface area contributed by atoms with E-state index in [0.29, 0.717) is 0 Å². The average molecular weight is 319 g/mol. The van der Waals surface area contributed by atoms with E-state index in [-0.39, 0.29) is 38.7 Å². The standard InChI is InChI=1S/C11H8Cl2N2O3S/c12-7-3-6(11(17)18)4-8(13)10(7)15-9(16)5-19-2-1-14/h3-4H,2,5H2,(H,15,16)(H,17,18). The fraction of sp³-hybridized carbons (Fsp3) is 0.182. The molecule has 19 heavy (non-hydrogen) atoms. The van der Waals surface area contributed by atoms with Crippen molar-refractivity contribution in [1.29, 1.82) is 5.26 Å². The van der Waals surface area contributed by atoms with Crippen molar-refractivity contribution in [2.24, 2.45) is 0 Å². The van der Waals surface area contributed by atoms with Crippen LogP contribution in [0.1, 0.15) is 10.4 Å². The highest BCUT2D eigenvalue weighted by molar-refractivity contribution is 8.00. The molecule has 1 aromatic carbocycles. The molecule has 0 spiro atoms. The molecule has 8 heteroatoms. The molecule has 0 heterocycles. The monoisotopic (exact) mass is 318 g/mol. The van der Waals surface area contributed by atoms with Crippen LogP contribution in [-0.4, -0.2) is 28.5 Å². The van der Waals surface area contributed by atoms with E-state index in [9.17, 15) is 9.59 Å². The van der Waals surface area contributed by atoms with Crippen LogP contribution in [0.2, 0.25) is 10.0 Å². The number of benzene rings is 1. The van der Waals surface area contributed by atoms with Gasteiger partial charge in [-0.2, -0.15) is 5.26 Å². The third-order valence-electron chi connectivity index (χ3n) is 1.95. The molecule has 0 fully saturated rings. The number of rotatable bonds is 5. The van der Waals surface area contributed by atoms with Crippen molar-refractivity contribution in [2.75, 3.05) is 16.8 Å². The van der Waals surface area contributed by atoms with E-state index >= 15 is 0 Å². The van der Waals surface area contributed by atoms with E-state index < -0.39 is 5.97 Å². The zero-order valence-corrected chi connectivity index (χ0v) is 11.8. The number of aromatic carboxylic acids is 1. The number of amides is 1. The number of nitriles is 1. The molecular formula is C11H8Cl2N2O3S. The Morgan fingerprint density at radius 2 is 1.95 bits per heavy atom. The molecule has 0 aliphatic carbocycles. The number of carboxylic acid groups (broad SMARTS) is 1. The maximum atomic E-state index is 11.5. The quantitative estimate of drug-likeness (QED) is 0.815. The molecule has 0 aliphatic heterocycles. The van der Waals surface area contributed by atoms with Gasteiger partial charge in [0.15, 0.2) is 0 Å². The van der Waals surface area contributed by atoms with E-state index in [2.05, 4.69) is 5.32 Å². The maximum absolute atomic E-state index is 11.5. The molecule has 0 aromatic heterocycles. The number of thioether (sulfide) groups is 1. The zero-order valence-electron chi connectivity index (χ0n) is 9.44. The van der Waals surface area contributed by atoms with Crippen LogP contribution in [0.5, 0.6) is 0 Å². The Labute approximate surface area is 123 Å². The first-order chi connectivity index (χ1) is 8.95. The molecule has 0 radical (unpaired) electrons. The second-order valence-corrected chi connectivity index (χ2v) is 5.12. The second-order valence-electron chi connectivity index (χ2n) is 3.32. The van der Waals surface area contributed by atoms with Crippen LogP contribution >= 0.6 is 35.0 Å². The van der Waals surface area contributed by atoms with Gasteiger partial charge in [-0.15, -0.1) is 11.8 Å². The summed E-state index contributed by atoms with van der Waals surface area (Å²) in [5, 5.41) is 19.7. The molecule has 2 N–H and O–H groups in total. The van der Waals surface area contributed by atoms with Gasteiger partial charge in [0, 0.05) is 0 Å². The number of hydrogen-bond donors (Lipinski definition) is 2. The topological polar surface area (TPSA) is 90.2 Å². The third-order valence-corrected chi connectivity index (χ3v) is 3.35. The summed E-state index contributed by atoms with van der Waals surface area (Å²) in [6, 6.07) is 4.30. The van der Waals surface area contributed by atoms with E-state index in [1.807, 2.05) is 6.07 Å². The Morgan fingerprint density at radius 1 is 1.37 bits per heavy atom. The Hall–Kier alpha value is -1.42. The van der Waals surface area contributed by atoms with Gasteiger partial charge in [-0.1, -0.05) is 23.2 Å². The number of anilines is 1. The smallest absolute Gasteiger partial charge is 0.335 e. The highest BCUT2D eigenvalue weighted by Gasteiger charge is 2.14. The summed E-state index contributed by atoms with van der Waals surface area (Å²) < 4.78 is 0. The van der Waals surface area contributed by atoms with Gasteiger partial charge in [-0.05, 0) is 12.1 Å². The van der Waals surface area contributed by atoms with Gasteiger partial charge in [-0.3, -0.25) is 4.79 Å². The zero-order chi connectivity index (χ0) is 14.4. The molecule has 0 atom stereocenters. The van der Waals surface area contributed by atoms with Crippen molar-refractivity contribution in [2.45, 2.75) is 0 Å². The van der Waals surface area contributed by atoms with E-state index in [0.717, 1.165) is 11.8 Å². The van der Waals surface area contributed by atoms with Crippen molar-refractivity contribution in [3.8, 4) is 6.07 Å². The SMILES string of the molecule is N#CCSCC(=O)Nc1c(Cl)cc(C(=O)O)cc1Cl. The summed E-state index contributed by atoms with van der Waals surface area (Å²) in [6.07, 6.45) is 0. The van der Waals surface area contributed by atoms with Gasteiger partial charge in [0.25, 0.3) is 0 Å². The lowest BCUT2D eigenvalue weighted by molar-refractivity contribution is -0.113. The van der Waals surface area contributed by atoms with E-state index in [1.54, 1.807) is 0 Å². The lowest BCUT2D eigenvalue weighted by Gasteiger charge is -2.09. The number of carboxylic acids is 1. The van der Waals surface area contributed by atoms with Crippen molar-refractivity contribution in [3.05, 3.63) is 27.7 Å². The molecule has 0 saturated heterocycles.